The molecule has 1 aromatic rings. The molecule has 0 bridgehead atoms. The Morgan fingerprint density at radius 2 is 1.82 bits per heavy atom. The van der Waals surface area contributed by atoms with Gasteiger partial charge in [-0.1, -0.05) is 19.3 Å². The highest BCUT2D eigenvalue weighted by Gasteiger charge is 2.43. The van der Waals surface area contributed by atoms with Crippen molar-refractivity contribution in [2.75, 3.05) is 19.6 Å². The van der Waals surface area contributed by atoms with Gasteiger partial charge in [0.25, 0.3) is 5.91 Å². The minimum Gasteiger partial charge on any atom is -0.337 e. The van der Waals surface area contributed by atoms with Crippen LogP contribution in [-0.2, 0) is 13.0 Å². The average Bonchev–Trinajstić information content (AvgIpc) is 2.94. The number of nitrogens with one attached hydrogen (secondary N) is 2. The fourth-order valence-corrected chi connectivity index (χ4v) is 5.25. The summed E-state index contributed by atoms with van der Waals surface area (Å²) in [6, 6.07) is 0. The van der Waals surface area contributed by atoms with Gasteiger partial charge in [0.15, 0.2) is 5.69 Å². The Morgan fingerprint density at radius 1 is 1.07 bits per heavy atom. The zero-order valence-corrected chi connectivity index (χ0v) is 16.2. The molecule has 4 rings (SSSR count). The normalized spacial score (nSPS) is 27.3. The van der Waals surface area contributed by atoms with E-state index < -0.39 is 12.1 Å². The highest BCUT2D eigenvalue weighted by molar-refractivity contribution is 5.94. The van der Waals surface area contributed by atoms with Crippen molar-refractivity contribution < 1.29 is 18.0 Å². The largest absolute Gasteiger partial charge is 0.391 e. The van der Waals surface area contributed by atoms with Gasteiger partial charge in [-0.25, -0.2) is 0 Å². The molecule has 3 heterocycles. The van der Waals surface area contributed by atoms with E-state index in [4.69, 9.17) is 0 Å². The molecule has 5 nitrogen and oxygen atoms in total. The standard InChI is InChI=1S/C20H29F3N4O/c21-20(22,23)15-4-2-1-3-14(11-15)13-6-9-27(10-7-13)19(28)18-16-12-24-8-5-17(16)25-26-18/h13-15,24H,1-12H2,(H,25,26). The number of fused-ring (bicyclic) bond motifs is 1. The number of hydrogen-bond donors (Lipinski definition) is 2. The summed E-state index contributed by atoms with van der Waals surface area (Å²) in [4.78, 5) is 14.8. The molecule has 2 aliphatic heterocycles. The van der Waals surface area contributed by atoms with Crippen LogP contribution in [0.25, 0.3) is 0 Å². The van der Waals surface area contributed by atoms with Crippen LogP contribution in [0.5, 0.6) is 0 Å². The van der Waals surface area contributed by atoms with Crippen molar-refractivity contribution in [3.63, 3.8) is 0 Å². The van der Waals surface area contributed by atoms with Gasteiger partial charge in [-0.2, -0.15) is 18.3 Å². The molecule has 156 valence electrons. The Hall–Kier alpha value is -1.57. The third-order valence-electron chi connectivity index (χ3n) is 6.93. The van der Waals surface area contributed by atoms with Crippen LogP contribution in [0.15, 0.2) is 0 Å². The van der Waals surface area contributed by atoms with Crippen molar-refractivity contribution in [3.05, 3.63) is 17.0 Å². The van der Waals surface area contributed by atoms with Crippen molar-refractivity contribution >= 4 is 5.91 Å². The first-order valence-electron chi connectivity index (χ1n) is 10.6. The van der Waals surface area contributed by atoms with Crippen molar-refractivity contribution in [2.24, 2.45) is 17.8 Å². The molecule has 2 N–H and O–H groups in total. The van der Waals surface area contributed by atoms with E-state index >= 15 is 0 Å². The lowest BCUT2D eigenvalue weighted by molar-refractivity contribution is -0.181. The number of halogens is 3. The Balaban J connectivity index is 1.36. The predicted octanol–water partition coefficient (Wildman–Crippen LogP) is 3.67. The number of aromatic nitrogens is 2. The molecule has 0 aromatic carbocycles. The van der Waals surface area contributed by atoms with Gasteiger partial charge >= 0.3 is 6.18 Å². The monoisotopic (exact) mass is 398 g/mol. The summed E-state index contributed by atoms with van der Waals surface area (Å²) in [5.41, 5.74) is 2.51. The number of hydrogen-bond acceptors (Lipinski definition) is 3. The van der Waals surface area contributed by atoms with Gasteiger partial charge in [-0.05, 0) is 37.5 Å². The van der Waals surface area contributed by atoms with E-state index in [-0.39, 0.29) is 24.7 Å². The van der Waals surface area contributed by atoms with E-state index in [1.165, 1.54) is 0 Å². The smallest absolute Gasteiger partial charge is 0.337 e. The van der Waals surface area contributed by atoms with Crippen LogP contribution in [-0.4, -0.2) is 46.8 Å². The van der Waals surface area contributed by atoms with Gasteiger partial charge in [-0.15, -0.1) is 0 Å². The molecule has 1 aliphatic carbocycles. The molecule has 1 amide bonds. The van der Waals surface area contributed by atoms with Crippen molar-refractivity contribution in [1.29, 1.82) is 0 Å². The molecule has 1 saturated heterocycles. The molecular formula is C20H29F3N4O. The zero-order valence-electron chi connectivity index (χ0n) is 16.2. The van der Waals surface area contributed by atoms with Crippen LogP contribution in [0.4, 0.5) is 13.2 Å². The lowest BCUT2D eigenvalue weighted by atomic mass is 9.78. The average molecular weight is 398 g/mol. The molecule has 3 aliphatic rings. The Labute approximate surface area is 163 Å². The number of rotatable bonds is 2. The molecule has 1 aromatic heterocycles. The maximum absolute atomic E-state index is 13.3. The van der Waals surface area contributed by atoms with Gasteiger partial charge in [0.05, 0.1) is 5.92 Å². The number of carbonyl (C=O) groups is 1. The summed E-state index contributed by atoms with van der Waals surface area (Å²) < 4.78 is 39.8. The van der Waals surface area contributed by atoms with Crippen molar-refractivity contribution in [3.8, 4) is 0 Å². The van der Waals surface area contributed by atoms with Gasteiger partial charge < -0.3 is 10.2 Å². The second-order valence-corrected chi connectivity index (χ2v) is 8.60. The lowest BCUT2D eigenvalue weighted by Gasteiger charge is -2.36. The maximum atomic E-state index is 13.3. The van der Waals surface area contributed by atoms with Crippen molar-refractivity contribution in [1.82, 2.24) is 20.4 Å². The number of alkyl halides is 3. The van der Waals surface area contributed by atoms with Crippen LogP contribution in [0, 0.1) is 17.8 Å². The highest BCUT2D eigenvalue weighted by atomic mass is 19.4. The second-order valence-electron chi connectivity index (χ2n) is 8.60. The summed E-state index contributed by atoms with van der Waals surface area (Å²) in [5, 5.41) is 10.5. The number of amides is 1. The third kappa shape index (κ3) is 4.07. The van der Waals surface area contributed by atoms with E-state index in [2.05, 4.69) is 15.5 Å². The first-order chi connectivity index (χ1) is 13.4. The van der Waals surface area contributed by atoms with Crippen LogP contribution < -0.4 is 5.32 Å². The molecule has 8 heteroatoms. The van der Waals surface area contributed by atoms with E-state index in [1.807, 2.05) is 4.90 Å². The number of piperidine rings is 1. The van der Waals surface area contributed by atoms with E-state index in [0.717, 1.165) is 49.9 Å². The molecular weight excluding hydrogens is 369 g/mol. The van der Waals surface area contributed by atoms with Crippen LogP contribution in [0.2, 0.25) is 0 Å². The molecule has 1 saturated carbocycles. The minimum atomic E-state index is -4.08. The first kappa shape index (κ1) is 19.7. The number of nitrogens with zero attached hydrogens (tertiary/aromatic N) is 2. The Bertz CT molecular complexity index is 694. The van der Waals surface area contributed by atoms with E-state index in [0.29, 0.717) is 37.7 Å². The summed E-state index contributed by atoms with van der Waals surface area (Å²) in [6.45, 7) is 2.77. The fraction of sp³-hybridized carbons (Fsp3) is 0.800. The number of carbonyl (C=O) groups excluding carboxylic acids is 1. The molecule has 28 heavy (non-hydrogen) atoms. The minimum absolute atomic E-state index is 0.0475. The lowest BCUT2D eigenvalue weighted by Crippen LogP contribution is -2.41. The Kier molecular flexibility index (Phi) is 5.67. The molecule has 0 spiro atoms. The summed E-state index contributed by atoms with van der Waals surface area (Å²) >= 11 is 0. The quantitative estimate of drug-likeness (QED) is 0.748. The van der Waals surface area contributed by atoms with Gasteiger partial charge in [0.1, 0.15) is 0 Å². The molecule has 0 radical (unpaired) electrons. The maximum Gasteiger partial charge on any atom is 0.391 e. The topological polar surface area (TPSA) is 61.0 Å². The van der Waals surface area contributed by atoms with Gasteiger partial charge in [0.2, 0.25) is 0 Å². The number of aromatic amines is 1. The molecule has 2 atom stereocenters. The third-order valence-corrected chi connectivity index (χ3v) is 6.93. The predicted molar refractivity (Wildman–Crippen MR) is 98.7 cm³/mol. The molecule has 2 fully saturated rings. The highest BCUT2D eigenvalue weighted by Crippen LogP contribution is 2.43. The molecule has 2 unspecified atom stereocenters. The summed E-state index contributed by atoms with van der Waals surface area (Å²) in [7, 11) is 0. The van der Waals surface area contributed by atoms with E-state index in [1.54, 1.807) is 0 Å². The van der Waals surface area contributed by atoms with Gasteiger partial charge in [0, 0.05) is 43.9 Å². The summed E-state index contributed by atoms with van der Waals surface area (Å²) in [6.07, 6.45) is 1.36. The second kappa shape index (κ2) is 8.05. The van der Waals surface area contributed by atoms with E-state index in [9.17, 15) is 18.0 Å². The van der Waals surface area contributed by atoms with Crippen LogP contribution in [0.1, 0.15) is 66.7 Å². The van der Waals surface area contributed by atoms with Crippen molar-refractivity contribution in [2.45, 2.75) is 64.1 Å². The number of H-pyrrole nitrogens is 1. The number of likely N-dealkylation sites (tertiary alicyclic amines) is 1. The zero-order chi connectivity index (χ0) is 19.7. The SMILES string of the molecule is O=C(c1n[nH]c2c1CNCC2)N1CCC(C2CCCCC(C(F)(F)F)C2)CC1. The van der Waals surface area contributed by atoms with Gasteiger partial charge in [-0.3, -0.25) is 9.89 Å². The fourth-order valence-electron chi connectivity index (χ4n) is 5.25. The van der Waals surface area contributed by atoms with Crippen LogP contribution >= 0.6 is 0 Å². The Morgan fingerprint density at radius 3 is 2.57 bits per heavy atom. The first-order valence-corrected chi connectivity index (χ1v) is 10.6. The van der Waals surface area contributed by atoms with Crippen LogP contribution in [0.3, 0.4) is 0 Å². The summed E-state index contributed by atoms with van der Waals surface area (Å²) in [5.74, 6) is -0.771.